The zero-order valence-corrected chi connectivity index (χ0v) is 16.0. The average molecular weight is 374 g/mol. The van der Waals surface area contributed by atoms with E-state index >= 15 is 0 Å². The van der Waals surface area contributed by atoms with Gasteiger partial charge in [-0.25, -0.2) is 4.39 Å². The maximum absolute atomic E-state index is 13.5. The Hall–Kier alpha value is -2.34. The molecule has 0 aliphatic heterocycles. The van der Waals surface area contributed by atoms with Crippen LogP contribution in [-0.2, 0) is 16.1 Å². The van der Waals surface area contributed by atoms with Crippen LogP contribution in [0.2, 0.25) is 0 Å². The number of anilines is 1. The van der Waals surface area contributed by atoms with Gasteiger partial charge in [-0.2, -0.15) is 0 Å². The van der Waals surface area contributed by atoms with Crippen molar-refractivity contribution in [2.45, 2.75) is 32.6 Å². The van der Waals surface area contributed by atoms with Gasteiger partial charge in [0.05, 0.1) is 11.0 Å². The number of hydrogen-bond donors (Lipinski definition) is 2. The van der Waals surface area contributed by atoms with Gasteiger partial charge < -0.3 is 10.6 Å². The van der Waals surface area contributed by atoms with Gasteiger partial charge in [0.25, 0.3) is 0 Å². The standard InChI is InChI=1S/C20H23FN2O2S/c1-13-4-8-17(9-5-13)23-19(24)12-26-15(3)20(25)22-11-16-7-6-14(2)18(21)10-16/h4-10,15H,11-12H2,1-3H3,(H,22,25)(H,23,24). The van der Waals surface area contributed by atoms with Gasteiger partial charge in [0.1, 0.15) is 5.82 Å². The lowest BCUT2D eigenvalue weighted by Crippen LogP contribution is -2.31. The zero-order valence-electron chi connectivity index (χ0n) is 15.1. The third kappa shape index (κ3) is 6.19. The van der Waals surface area contributed by atoms with Crippen LogP contribution in [0.3, 0.4) is 0 Å². The normalized spacial score (nSPS) is 11.7. The summed E-state index contributed by atoms with van der Waals surface area (Å²) in [7, 11) is 0. The second kappa shape index (κ2) is 9.38. The second-order valence-corrected chi connectivity index (χ2v) is 7.50. The zero-order chi connectivity index (χ0) is 19.1. The Labute approximate surface area is 157 Å². The molecule has 0 saturated heterocycles. The molecule has 0 aliphatic rings. The van der Waals surface area contributed by atoms with Crippen molar-refractivity contribution in [3.63, 3.8) is 0 Å². The third-order valence-corrected chi connectivity index (χ3v) is 5.01. The van der Waals surface area contributed by atoms with Crippen molar-refractivity contribution >= 4 is 29.3 Å². The number of carbonyl (C=O) groups excluding carboxylic acids is 2. The fourth-order valence-electron chi connectivity index (χ4n) is 2.19. The van der Waals surface area contributed by atoms with Gasteiger partial charge in [-0.1, -0.05) is 29.8 Å². The first kappa shape index (κ1) is 20.0. The van der Waals surface area contributed by atoms with Crippen molar-refractivity contribution in [1.82, 2.24) is 5.32 Å². The molecular weight excluding hydrogens is 351 g/mol. The van der Waals surface area contributed by atoms with Crippen LogP contribution in [0.4, 0.5) is 10.1 Å². The van der Waals surface area contributed by atoms with Gasteiger partial charge in [0.2, 0.25) is 11.8 Å². The number of hydrogen-bond acceptors (Lipinski definition) is 3. The molecule has 0 heterocycles. The molecule has 2 aromatic carbocycles. The van der Waals surface area contributed by atoms with Crippen LogP contribution >= 0.6 is 11.8 Å². The molecule has 0 saturated carbocycles. The Morgan fingerprint density at radius 1 is 1.12 bits per heavy atom. The first-order valence-electron chi connectivity index (χ1n) is 8.36. The Morgan fingerprint density at radius 2 is 1.81 bits per heavy atom. The minimum atomic E-state index is -0.380. The van der Waals surface area contributed by atoms with Crippen molar-refractivity contribution in [1.29, 1.82) is 0 Å². The molecule has 2 N–H and O–H groups in total. The minimum absolute atomic E-state index is 0.154. The van der Waals surface area contributed by atoms with Gasteiger partial charge in [0, 0.05) is 12.2 Å². The second-order valence-electron chi connectivity index (χ2n) is 6.17. The fourth-order valence-corrected chi connectivity index (χ4v) is 2.90. The quantitative estimate of drug-likeness (QED) is 0.775. The topological polar surface area (TPSA) is 58.2 Å². The highest BCUT2D eigenvalue weighted by atomic mass is 32.2. The highest BCUT2D eigenvalue weighted by Crippen LogP contribution is 2.14. The summed E-state index contributed by atoms with van der Waals surface area (Å²) in [6, 6.07) is 12.4. The third-order valence-electron chi connectivity index (χ3n) is 3.87. The first-order valence-corrected chi connectivity index (χ1v) is 9.41. The van der Waals surface area contributed by atoms with Crippen LogP contribution in [0.15, 0.2) is 42.5 Å². The number of amides is 2. The Balaban J connectivity index is 1.74. The van der Waals surface area contributed by atoms with Crippen LogP contribution in [-0.4, -0.2) is 22.8 Å². The van der Waals surface area contributed by atoms with Crippen LogP contribution in [0.25, 0.3) is 0 Å². The lowest BCUT2D eigenvalue weighted by atomic mass is 10.1. The van der Waals surface area contributed by atoms with Crippen molar-refractivity contribution in [3.05, 3.63) is 65.0 Å². The van der Waals surface area contributed by atoms with E-state index in [1.807, 2.05) is 31.2 Å². The van der Waals surface area contributed by atoms with Crippen molar-refractivity contribution in [2.75, 3.05) is 11.1 Å². The number of halogens is 1. The summed E-state index contributed by atoms with van der Waals surface area (Å²) < 4.78 is 13.5. The molecule has 4 nitrogen and oxygen atoms in total. The molecule has 0 spiro atoms. The Morgan fingerprint density at radius 3 is 2.46 bits per heavy atom. The molecule has 0 aromatic heterocycles. The predicted octanol–water partition coefficient (Wildman–Crippen LogP) is 3.82. The maximum Gasteiger partial charge on any atom is 0.234 e. The molecular formula is C20H23FN2O2S. The monoisotopic (exact) mass is 374 g/mol. The summed E-state index contributed by atoms with van der Waals surface area (Å²) in [5.41, 5.74) is 3.13. The van der Waals surface area contributed by atoms with E-state index in [1.165, 1.54) is 17.8 Å². The maximum atomic E-state index is 13.5. The molecule has 0 radical (unpaired) electrons. The number of rotatable bonds is 7. The predicted molar refractivity (Wildman–Crippen MR) is 105 cm³/mol. The highest BCUT2D eigenvalue weighted by Gasteiger charge is 2.15. The molecule has 2 aromatic rings. The van der Waals surface area contributed by atoms with Gasteiger partial charge in [0.15, 0.2) is 0 Å². The van der Waals surface area contributed by atoms with Crippen molar-refractivity contribution in [3.8, 4) is 0 Å². The Bertz CT molecular complexity index is 778. The number of nitrogens with one attached hydrogen (secondary N) is 2. The van der Waals surface area contributed by atoms with E-state index in [0.29, 0.717) is 11.1 Å². The van der Waals surface area contributed by atoms with E-state index in [0.717, 1.165) is 11.3 Å². The minimum Gasteiger partial charge on any atom is -0.351 e. The highest BCUT2D eigenvalue weighted by molar-refractivity contribution is 8.01. The molecule has 6 heteroatoms. The fraction of sp³-hybridized carbons (Fsp3) is 0.300. The number of aryl methyl sites for hydroxylation is 2. The number of thioether (sulfide) groups is 1. The van der Waals surface area contributed by atoms with Crippen LogP contribution in [0, 0.1) is 19.7 Å². The smallest absolute Gasteiger partial charge is 0.234 e. The van der Waals surface area contributed by atoms with E-state index in [4.69, 9.17) is 0 Å². The van der Waals surface area contributed by atoms with E-state index in [2.05, 4.69) is 10.6 Å². The molecule has 1 unspecified atom stereocenters. The number of carbonyl (C=O) groups is 2. The van der Waals surface area contributed by atoms with Crippen LogP contribution in [0.1, 0.15) is 23.6 Å². The van der Waals surface area contributed by atoms with Crippen LogP contribution in [0.5, 0.6) is 0 Å². The molecule has 0 bridgehead atoms. The Kier molecular flexibility index (Phi) is 7.21. The summed E-state index contributed by atoms with van der Waals surface area (Å²) in [4.78, 5) is 24.1. The van der Waals surface area contributed by atoms with Crippen LogP contribution < -0.4 is 10.6 Å². The molecule has 138 valence electrons. The molecule has 0 fully saturated rings. The lowest BCUT2D eigenvalue weighted by molar-refractivity contribution is -0.120. The molecule has 1 atom stereocenters. The SMILES string of the molecule is Cc1ccc(NC(=O)CSC(C)C(=O)NCc2ccc(C)c(F)c2)cc1. The van der Waals surface area contributed by atoms with E-state index < -0.39 is 0 Å². The largest absolute Gasteiger partial charge is 0.351 e. The summed E-state index contributed by atoms with van der Waals surface area (Å²) >= 11 is 1.26. The molecule has 0 aliphatic carbocycles. The summed E-state index contributed by atoms with van der Waals surface area (Å²) in [6.07, 6.45) is 0. The van der Waals surface area contributed by atoms with E-state index in [9.17, 15) is 14.0 Å². The summed E-state index contributed by atoms with van der Waals surface area (Å²) in [5.74, 6) is -0.438. The summed E-state index contributed by atoms with van der Waals surface area (Å²) in [6.45, 7) is 5.68. The van der Waals surface area contributed by atoms with Crippen molar-refractivity contribution < 1.29 is 14.0 Å². The lowest BCUT2D eigenvalue weighted by Gasteiger charge is -2.12. The summed E-state index contributed by atoms with van der Waals surface area (Å²) in [5, 5.41) is 5.19. The van der Waals surface area contributed by atoms with Gasteiger partial charge >= 0.3 is 0 Å². The molecule has 2 rings (SSSR count). The molecule has 2 amide bonds. The van der Waals surface area contributed by atoms with E-state index in [-0.39, 0.29) is 35.2 Å². The van der Waals surface area contributed by atoms with Gasteiger partial charge in [-0.15, -0.1) is 11.8 Å². The van der Waals surface area contributed by atoms with Crippen molar-refractivity contribution in [2.24, 2.45) is 0 Å². The van der Waals surface area contributed by atoms with E-state index in [1.54, 1.807) is 26.0 Å². The molecule has 26 heavy (non-hydrogen) atoms. The average Bonchev–Trinajstić information content (AvgIpc) is 2.62. The van der Waals surface area contributed by atoms with Gasteiger partial charge in [-0.05, 0) is 50.1 Å². The first-order chi connectivity index (χ1) is 12.3. The number of benzene rings is 2. The van der Waals surface area contributed by atoms with Gasteiger partial charge in [-0.3, -0.25) is 9.59 Å².